The molecule has 1 atom stereocenters. The zero-order chi connectivity index (χ0) is 19.6. The second-order valence-electron chi connectivity index (χ2n) is 8.32. The molecule has 0 aromatic carbocycles. The van der Waals surface area contributed by atoms with E-state index < -0.39 is 0 Å². The minimum absolute atomic E-state index is 0.219. The van der Waals surface area contributed by atoms with Gasteiger partial charge in [0.2, 0.25) is 0 Å². The first kappa shape index (κ1) is 20.3. The standard InChI is InChI=1S/C20H34BN3O3/c1-15-18(7-6-16(20(15)25)8-9-21(2)26)27-17-12-24(13-17)14-19-22(3)10-5-11-23(19)4/h5,10,17,19,25-26H,6-9,11-14H2,1-4H3. The highest BCUT2D eigenvalue weighted by Gasteiger charge is 2.34. The third kappa shape index (κ3) is 4.89. The lowest BCUT2D eigenvalue weighted by molar-refractivity contribution is -0.0485. The Morgan fingerprint density at radius 1 is 1.26 bits per heavy atom. The maximum absolute atomic E-state index is 10.5. The molecule has 2 aliphatic heterocycles. The normalized spacial score (nSPS) is 25.2. The highest BCUT2D eigenvalue weighted by Crippen LogP contribution is 2.33. The van der Waals surface area contributed by atoms with E-state index in [4.69, 9.17) is 4.74 Å². The lowest BCUT2D eigenvalue weighted by Crippen LogP contribution is -2.59. The van der Waals surface area contributed by atoms with E-state index in [0.717, 1.165) is 62.3 Å². The zero-order valence-corrected chi connectivity index (χ0v) is 17.2. The molecule has 7 heteroatoms. The van der Waals surface area contributed by atoms with Crippen LogP contribution in [0.4, 0.5) is 0 Å². The number of likely N-dealkylation sites (N-methyl/N-ethyl adjacent to an activating group) is 2. The number of likely N-dealkylation sites (tertiary alicyclic amines) is 1. The highest BCUT2D eigenvalue weighted by molar-refractivity contribution is 6.48. The third-order valence-electron chi connectivity index (χ3n) is 5.99. The van der Waals surface area contributed by atoms with Gasteiger partial charge in [0.15, 0.2) is 0 Å². The number of nitrogens with zero attached hydrogens (tertiary/aromatic N) is 3. The second-order valence-corrected chi connectivity index (χ2v) is 8.32. The summed E-state index contributed by atoms with van der Waals surface area (Å²) in [7, 11) is 4.30. The molecule has 27 heavy (non-hydrogen) atoms. The monoisotopic (exact) mass is 375 g/mol. The van der Waals surface area contributed by atoms with Gasteiger partial charge in [-0.15, -0.1) is 0 Å². The molecule has 1 saturated heterocycles. The summed E-state index contributed by atoms with van der Waals surface area (Å²) in [5.74, 6) is 1.32. The van der Waals surface area contributed by atoms with Gasteiger partial charge in [-0.25, -0.2) is 0 Å². The van der Waals surface area contributed by atoms with Crippen LogP contribution in [-0.4, -0.2) is 84.3 Å². The van der Waals surface area contributed by atoms with Crippen LogP contribution < -0.4 is 0 Å². The van der Waals surface area contributed by atoms with Crippen LogP contribution in [0.5, 0.6) is 0 Å². The van der Waals surface area contributed by atoms with Crippen LogP contribution in [0.3, 0.4) is 0 Å². The van der Waals surface area contributed by atoms with E-state index in [1.165, 1.54) is 0 Å². The average Bonchev–Trinajstić information content (AvgIpc) is 2.58. The fourth-order valence-corrected chi connectivity index (χ4v) is 4.10. The van der Waals surface area contributed by atoms with Gasteiger partial charge in [0.1, 0.15) is 17.6 Å². The van der Waals surface area contributed by atoms with Crippen molar-refractivity contribution >= 4 is 6.92 Å². The Morgan fingerprint density at radius 3 is 2.67 bits per heavy atom. The predicted molar refractivity (Wildman–Crippen MR) is 109 cm³/mol. The number of rotatable bonds is 7. The van der Waals surface area contributed by atoms with Crippen molar-refractivity contribution in [2.75, 3.05) is 40.3 Å². The van der Waals surface area contributed by atoms with E-state index in [1.54, 1.807) is 6.82 Å². The fraction of sp³-hybridized carbons (Fsp3) is 0.700. The zero-order valence-electron chi connectivity index (χ0n) is 17.2. The topological polar surface area (TPSA) is 59.4 Å². The highest BCUT2D eigenvalue weighted by atomic mass is 16.5. The van der Waals surface area contributed by atoms with Crippen molar-refractivity contribution in [3.05, 3.63) is 34.9 Å². The van der Waals surface area contributed by atoms with Crippen LogP contribution >= 0.6 is 0 Å². The van der Waals surface area contributed by atoms with Gasteiger partial charge in [0.25, 0.3) is 6.92 Å². The Kier molecular flexibility index (Phi) is 6.55. The van der Waals surface area contributed by atoms with Crippen molar-refractivity contribution < 1.29 is 14.9 Å². The van der Waals surface area contributed by atoms with Gasteiger partial charge in [-0.3, -0.25) is 9.80 Å². The number of ether oxygens (including phenoxy) is 1. The fourth-order valence-electron chi connectivity index (χ4n) is 4.10. The Bertz CT molecular complexity index is 626. The minimum Gasteiger partial charge on any atom is -0.508 e. The molecule has 1 unspecified atom stereocenters. The molecule has 0 aromatic rings. The first-order valence-corrected chi connectivity index (χ1v) is 10.1. The molecule has 0 spiro atoms. The van der Waals surface area contributed by atoms with Crippen molar-refractivity contribution in [3.8, 4) is 0 Å². The molecule has 2 N–H and O–H groups in total. The first-order valence-electron chi connectivity index (χ1n) is 10.1. The molecule has 0 saturated carbocycles. The van der Waals surface area contributed by atoms with Crippen LogP contribution in [0, 0.1) is 0 Å². The van der Waals surface area contributed by atoms with Crippen molar-refractivity contribution in [2.45, 2.75) is 51.6 Å². The van der Waals surface area contributed by atoms with Crippen LogP contribution in [0.15, 0.2) is 34.9 Å². The number of hydrogen-bond donors (Lipinski definition) is 2. The van der Waals surface area contributed by atoms with E-state index >= 15 is 0 Å². The lowest BCUT2D eigenvalue weighted by atomic mass is 9.66. The number of aliphatic hydroxyl groups is 1. The molecule has 3 aliphatic rings. The van der Waals surface area contributed by atoms with Gasteiger partial charge in [-0.2, -0.15) is 0 Å². The molecule has 1 fully saturated rings. The quantitative estimate of drug-likeness (QED) is 0.666. The molecule has 1 aliphatic carbocycles. The minimum atomic E-state index is -0.328. The average molecular weight is 375 g/mol. The van der Waals surface area contributed by atoms with E-state index in [9.17, 15) is 10.1 Å². The number of hydrogen-bond acceptors (Lipinski definition) is 6. The van der Waals surface area contributed by atoms with E-state index in [2.05, 4.69) is 41.1 Å². The molecule has 150 valence electrons. The molecule has 0 amide bonds. The summed E-state index contributed by atoms with van der Waals surface area (Å²) in [4.78, 5) is 7.06. The van der Waals surface area contributed by atoms with Gasteiger partial charge >= 0.3 is 0 Å². The number of allylic oxidation sites excluding steroid dienone is 3. The number of aliphatic hydroxyl groups excluding tert-OH is 1. The largest absolute Gasteiger partial charge is 0.508 e. The summed E-state index contributed by atoms with van der Waals surface area (Å²) in [6.45, 7) is 7.31. The lowest BCUT2D eigenvalue weighted by Gasteiger charge is -2.46. The van der Waals surface area contributed by atoms with Crippen LogP contribution in [0.1, 0.15) is 26.2 Å². The second kappa shape index (κ2) is 8.71. The SMILES string of the molecule is CB(O)CCC1=C(O)C(C)=C(OC2CN(CC3N(C)C=CCN3C)C2)CC1. The summed E-state index contributed by atoms with van der Waals surface area (Å²) in [5, 5.41) is 19.9. The first-order chi connectivity index (χ1) is 12.8. The van der Waals surface area contributed by atoms with Gasteiger partial charge in [0.05, 0.1) is 6.17 Å². The summed E-state index contributed by atoms with van der Waals surface area (Å²) in [6.07, 6.45) is 8.10. The summed E-state index contributed by atoms with van der Waals surface area (Å²) in [5.41, 5.74) is 1.92. The van der Waals surface area contributed by atoms with Crippen molar-refractivity contribution in [3.63, 3.8) is 0 Å². The molecule has 6 nitrogen and oxygen atoms in total. The van der Waals surface area contributed by atoms with Gasteiger partial charge < -0.3 is 19.8 Å². The van der Waals surface area contributed by atoms with Gasteiger partial charge in [-0.1, -0.05) is 12.9 Å². The van der Waals surface area contributed by atoms with Gasteiger partial charge in [0, 0.05) is 45.2 Å². The predicted octanol–water partition coefficient (Wildman–Crippen LogP) is 2.29. The van der Waals surface area contributed by atoms with Crippen molar-refractivity contribution in [1.82, 2.24) is 14.7 Å². The molecular weight excluding hydrogens is 341 g/mol. The molecule has 0 bridgehead atoms. The summed E-state index contributed by atoms with van der Waals surface area (Å²) >= 11 is 0. The van der Waals surface area contributed by atoms with E-state index in [1.807, 2.05) is 6.92 Å². The molecular formula is C20H34BN3O3. The third-order valence-corrected chi connectivity index (χ3v) is 5.99. The van der Waals surface area contributed by atoms with Gasteiger partial charge in [-0.05, 0) is 44.9 Å². The van der Waals surface area contributed by atoms with Crippen molar-refractivity contribution in [2.24, 2.45) is 0 Å². The maximum atomic E-state index is 10.5. The molecule has 0 radical (unpaired) electrons. The van der Waals surface area contributed by atoms with E-state index in [-0.39, 0.29) is 13.0 Å². The Morgan fingerprint density at radius 2 is 2.00 bits per heavy atom. The van der Waals surface area contributed by atoms with Crippen LogP contribution in [-0.2, 0) is 4.74 Å². The Labute approximate surface area is 163 Å². The van der Waals surface area contributed by atoms with Crippen molar-refractivity contribution in [1.29, 1.82) is 0 Å². The Balaban J connectivity index is 1.49. The summed E-state index contributed by atoms with van der Waals surface area (Å²) < 4.78 is 6.21. The summed E-state index contributed by atoms with van der Waals surface area (Å²) in [6, 6.07) is 0. The molecule has 3 rings (SSSR count). The smallest absolute Gasteiger partial charge is 0.286 e. The molecule has 2 heterocycles. The van der Waals surface area contributed by atoms with Crippen LogP contribution in [0.25, 0.3) is 0 Å². The van der Waals surface area contributed by atoms with Crippen LogP contribution in [0.2, 0.25) is 13.1 Å². The van der Waals surface area contributed by atoms with E-state index in [0.29, 0.717) is 18.2 Å². The Hall–Kier alpha value is -1.44. The molecule has 0 aromatic heterocycles. The maximum Gasteiger partial charge on any atom is 0.286 e.